The molecule has 3 aromatic carbocycles. The lowest BCUT2D eigenvalue weighted by molar-refractivity contribution is 0.102. The van der Waals surface area contributed by atoms with Crippen LogP contribution in [0.15, 0.2) is 76.7 Å². The predicted molar refractivity (Wildman–Crippen MR) is 142 cm³/mol. The molecule has 0 atom stereocenters. The molecule has 8 heteroatoms. The fraction of sp³-hybridized carbons (Fsp3) is 0.250. The van der Waals surface area contributed by atoms with Gasteiger partial charge in [-0.15, -0.1) is 0 Å². The molecule has 0 spiro atoms. The Bertz CT molecular complexity index is 1460. The number of thioether (sulfide) groups is 1. The maximum Gasteiger partial charge on any atom is 0.262 e. The van der Waals surface area contributed by atoms with Gasteiger partial charge in [-0.05, 0) is 61.2 Å². The van der Waals surface area contributed by atoms with E-state index in [2.05, 4.69) is 4.90 Å². The van der Waals surface area contributed by atoms with Crippen molar-refractivity contribution < 1.29 is 15.0 Å². The summed E-state index contributed by atoms with van der Waals surface area (Å²) in [6.45, 7) is 2.31. The molecular weight excluding hydrogens is 474 g/mol. The van der Waals surface area contributed by atoms with E-state index in [1.165, 1.54) is 36.4 Å². The highest BCUT2D eigenvalue weighted by Crippen LogP contribution is 2.28. The molecule has 0 unspecified atom stereocenters. The molecule has 7 nitrogen and oxygen atoms in total. The predicted octanol–water partition coefficient (Wildman–Crippen LogP) is 4.82. The highest BCUT2D eigenvalue weighted by molar-refractivity contribution is 7.99. The first-order chi connectivity index (χ1) is 17.5. The molecule has 1 saturated heterocycles. The molecule has 0 aliphatic carbocycles. The average molecular weight is 502 g/mol. The number of Topliss-reactive ketones (excluding diaryl/α,β-unsaturated/α-hetero) is 1. The Labute approximate surface area is 213 Å². The molecule has 0 radical (unpaired) electrons. The number of phenols is 2. The number of aromatic hydroxyl groups is 2. The van der Waals surface area contributed by atoms with Crippen LogP contribution in [0, 0.1) is 0 Å². The van der Waals surface area contributed by atoms with E-state index in [0.29, 0.717) is 22.6 Å². The number of rotatable bonds is 7. The minimum absolute atomic E-state index is 0.0306. The molecule has 2 N–H and O–H groups in total. The summed E-state index contributed by atoms with van der Waals surface area (Å²) in [4.78, 5) is 33.6. The monoisotopic (exact) mass is 501 g/mol. The van der Waals surface area contributed by atoms with Gasteiger partial charge in [0.05, 0.1) is 23.2 Å². The van der Waals surface area contributed by atoms with E-state index < -0.39 is 0 Å². The second-order valence-corrected chi connectivity index (χ2v) is 9.88. The zero-order valence-electron chi connectivity index (χ0n) is 19.8. The summed E-state index contributed by atoms with van der Waals surface area (Å²) in [5, 5.41) is 20.3. The molecule has 1 aromatic heterocycles. The first-order valence-corrected chi connectivity index (χ1v) is 13.0. The molecule has 1 fully saturated rings. The third kappa shape index (κ3) is 5.09. The van der Waals surface area contributed by atoms with Crippen LogP contribution < -0.4 is 10.5 Å². The van der Waals surface area contributed by atoms with Gasteiger partial charge in [-0.3, -0.25) is 14.2 Å². The number of anilines is 1. The lowest BCUT2D eigenvalue weighted by Gasteiger charge is -2.29. The van der Waals surface area contributed by atoms with E-state index in [0.717, 1.165) is 37.2 Å². The van der Waals surface area contributed by atoms with Crippen molar-refractivity contribution in [1.29, 1.82) is 0 Å². The number of fused-ring (bicyclic) bond motifs is 1. The van der Waals surface area contributed by atoms with Crippen LogP contribution >= 0.6 is 11.8 Å². The molecule has 0 saturated carbocycles. The molecule has 36 heavy (non-hydrogen) atoms. The van der Waals surface area contributed by atoms with Crippen LogP contribution in [0.3, 0.4) is 0 Å². The molecule has 1 aliphatic heterocycles. The van der Waals surface area contributed by atoms with E-state index >= 15 is 0 Å². The van der Waals surface area contributed by atoms with Crippen LogP contribution in [0.2, 0.25) is 0 Å². The Morgan fingerprint density at radius 2 is 1.69 bits per heavy atom. The Morgan fingerprint density at radius 3 is 2.44 bits per heavy atom. The number of carbonyl (C=O) groups excluding carboxylic acids is 1. The van der Waals surface area contributed by atoms with E-state index in [1.807, 2.05) is 48.5 Å². The summed E-state index contributed by atoms with van der Waals surface area (Å²) < 4.78 is 1.63. The summed E-state index contributed by atoms with van der Waals surface area (Å²) >= 11 is 1.19. The van der Waals surface area contributed by atoms with Gasteiger partial charge in [0.25, 0.3) is 5.56 Å². The Balaban J connectivity index is 1.50. The van der Waals surface area contributed by atoms with Crippen LogP contribution in [0.5, 0.6) is 11.5 Å². The van der Waals surface area contributed by atoms with Crippen molar-refractivity contribution in [2.45, 2.75) is 31.0 Å². The largest absolute Gasteiger partial charge is 0.504 e. The Hall–Kier alpha value is -3.78. The quantitative estimate of drug-likeness (QED) is 0.162. The molecule has 2 heterocycles. The van der Waals surface area contributed by atoms with Crippen molar-refractivity contribution in [3.05, 3.63) is 88.2 Å². The van der Waals surface area contributed by atoms with Crippen LogP contribution in [0.25, 0.3) is 10.9 Å². The average Bonchev–Trinajstić information content (AvgIpc) is 2.91. The van der Waals surface area contributed by atoms with Gasteiger partial charge in [0.15, 0.2) is 22.4 Å². The SMILES string of the molecule is O=C(CSc1nc2ccc(N3CCCCC3)cc2c(=O)n1Cc1ccccc1)c1ccc(O)c(O)c1. The lowest BCUT2D eigenvalue weighted by Crippen LogP contribution is -2.30. The first-order valence-electron chi connectivity index (χ1n) is 12.0. The standard InChI is InChI=1S/C28H27N3O4S/c32-24-12-9-20(15-25(24)33)26(34)18-36-28-29-23-11-10-21(30-13-5-2-6-14-30)16-22(23)27(35)31(28)17-19-7-3-1-4-8-19/h1,3-4,7-12,15-16,32-33H,2,5-6,13-14,17-18H2. The van der Waals surface area contributed by atoms with Crippen LogP contribution in [0.1, 0.15) is 35.2 Å². The minimum Gasteiger partial charge on any atom is -0.504 e. The van der Waals surface area contributed by atoms with Gasteiger partial charge in [0.1, 0.15) is 0 Å². The summed E-state index contributed by atoms with van der Waals surface area (Å²) in [5.41, 5.74) is 2.74. The maximum absolute atomic E-state index is 13.7. The van der Waals surface area contributed by atoms with Crippen molar-refractivity contribution in [1.82, 2.24) is 9.55 Å². The second kappa shape index (κ2) is 10.5. The van der Waals surface area contributed by atoms with Gasteiger partial charge >= 0.3 is 0 Å². The van der Waals surface area contributed by atoms with E-state index in [9.17, 15) is 19.8 Å². The Kier molecular flexibility index (Phi) is 6.95. The van der Waals surface area contributed by atoms with Gasteiger partial charge in [0.2, 0.25) is 0 Å². The third-order valence-electron chi connectivity index (χ3n) is 6.44. The molecular formula is C28H27N3O4S. The topological polar surface area (TPSA) is 95.7 Å². The van der Waals surface area contributed by atoms with Crippen molar-refractivity contribution in [3.63, 3.8) is 0 Å². The number of piperidine rings is 1. The third-order valence-corrected chi connectivity index (χ3v) is 7.41. The summed E-state index contributed by atoms with van der Waals surface area (Å²) in [6, 6.07) is 19.5. The molecule has 5 rings (SSSR count). The van der Waals surface area contributed by atoms with Crippen LogP contribution in [-0.2, 0) is 6.54 Å². The number of benzene rings is 3. The number of carbonyl (C=O) groups is 1. The number of phenolic OH excluding ortho intramolecular Hbond substituents is 2. The fourth-order valence-corrected chi connectivity index (χ4v) is 5.36. The number of ketones is 1. The van der Waals surface area contributed by atoms with Crippen molar-refractivity contribution in [3.8, 4) is 11.5 Å². The first kappa shape index (κ1) is 23.9. The van der Waals surface area contributed by atoms with Crippen molar-refractivity contribution in [2.75, 3.05) is 23.7 Å². The van der Waals surface area contributed by atoms with Crippen LogP contribution in [0.4, 0.5) is 5.69 Å². The second-order valence-electron chi connectivity index (χ2n) is 8.94. The van der Waals surface area contributed by atoms with Crippen molar-refractivity contribution in [2.24, 2.45) is 0 Å². The van der Waals surface area contributed by atoms with E-state index in [1.54, 1.807) is 4.57 Å². The smallest absolute Gasteiger partial charge is 0.262 e. The van der Waals surface area contributed by atoms with Gasteiger partial charge < -0.3 is 15.1 Å². The molecule has 4 aromatic rings. The highest BCUT2D eigenvalue weighted by Gasteiger charge is 2.18. The van der Waals surface area contributed by atoms with E-state index in [4.69, 9.17) is 4.98 Å². The maximum atomic E-state index is 13.7. The van der Waals surface area contributed by atoms with Crippen LogP contribution in [-0.4, -0.2) is 44.4 Å². The minimum atomic E-state index is -0.347. The molecule has 184 valence electrons. The zero-order chi connectivity index (χ0) is 25.1. The summed E-state index contributed by atoms with van der Waals surface area (Å²) in [6.07, 6.45) is 3.53. The fourth-order valence-electron chi connectivity index (χ4n) is 4.46. The highest BCUT2D eigenvalue weighted by atomic mass is 32.2. The Morgan fingerprint density at radius 1 is 0.917 bits per heavy atom. The summed E-state index contributed by atoms with van der Waals surface area (Å²) in [5.74, 6) is -0.837. The number of nitrogens with zero attached hydrogens (tertiary/aromatic N) is 3. The van der Waals surface area contributed by atoms with Gasteiger partial charge in [0, 0.05) is 24.3 Å². The summed E-state index contributed by atoms with van der Waals surface area (Å²) in [7, 11) is 0. The molecule has 1 aliphatic rings. The zero-order valence-corrected chi connectivity index (χ0v) is 20.6. The number of hydrogen-bond donors (Lipinski definition) is 2. The lowest BCUT2D eigenvalue weighted by atomic mass is 10.1. The van der Waals surface area contributed by atoms with Gasteiger partial charge in [-0.1, -0.05) is 42.1 Å². The number of aromatic nitrogens is 2. The van der Waals surface area contributed by atoms with E-state index in [-0.39, 0.29) is 34.2 Å². The van der Waals surface area contributed by atoms with Gasteiger partial charge in [-0.2, -0.15) is 0 Å². The molecule has 0 bridgehead atoms. The van der Waals surface area contributed by atoms with Gasteiger partial charge in [-0.25, -0.2) is 4.98 Å². The number of hydrogen-bond acceptors (Lipinski definition) is 7. The normalized spacial score (nSPS) is 13.7. The molecule has 0 amide bonds. The van der Waals surface area contributed by atoms with Crippen molar-refractivity contribution >= 4 is 34.1 Å².